The Labute approximate surface area is 271 Å². The number of allylic oxidation sites excluding steroid dienone is 12. The number of para-hydroxylation sites is 1. The third-order valence-electron chi connectivity index (χ3n) is 7.32. The van der Waals surface area contributed by atoms with Gasteiger partial charge < -0.3 is 10.6 Å². The average Bonchev–Trinajstić information content (AvgIpc) is 3.07. The lowest BCUT2D eigenvalue weighted by Gasteiger charge is -2.15. The Morgan fingerprint density at radius 1 is 0.822 bits per heavy atom. The summed E-state index contributed by atoms with van der Waals surface area (Å²) < 4.78 is 0. The van der Waals surface area contributed by atoms with E-state index in [-0.39, 0.29) is 0 Å². The second kappa shape index (κ2) is 17.7. The second-order valence-corrected chi connectivity index (χ2v) is 10.7. The summed E-state index contributed by atoms with van der Waals surface area (Å²) in [5.74, 6) is 0. The van der Waals surface area contributed by atoms with E-state index >= 15 is 0 Å². The molecule has 0 fully saturated rings. The molecule has 0 aromatic heterocycles. The number of aryl methyl sites for hydroxylation is 1. The van der Waals surface area contributed by atoms with Gasteiger partial charge in [0.1, 0.15) is 7.85 Å². The van der Waals surface area contributed by atoms with E-state index in [2.05, 4.69) is 115 Å². The van der Waals surface area contributed by atoms with Crippen LogP contribution in [0.2, 0.25) is 0 Å². The lowest BCUT2D eigenvalue weighted by atomic mass is 9.88. The molecular formula is C42H41BN2. The third-order valence-corrected chi connectivity index (χ3v) is 7.32. The summed E-state index contributed by atoms with van der Waals surface area (Å²) in [6, 6.07) is 25.1. The summed E-state index contributed by atoms with van der Waals surface area (Å²) >= 11 is 0. The van der Waals surface area contributed by atoms with Gasteiger partial charge in [0, 0.05) is 23.6 Å². The Morgan fingerprint density at radius 2 is 1.62 bits per heavy atom. The summed E-state index contributed by atoms with van der Waals surface area (Å²) in [6.07, 6.45) is 29.1. The molecule has 1 aliphatic carbocycles. The van der Waals surface area contributed by atoms with Gasteiger partial charge in [-0.15, -0.1) is 0 Å². The number of anilines is 2. The predicted octanol–water partition coefficient (Wildman–Crippen LogP) is 10.3. The van der Waals surface area contributed by atoms with Crippen LogP contribution in [-0.2, 0) is 12.8 Å². The zero-order valence-corrected chi connectivity index (χ0v) is 26.0. The van der Waals surface area contributed by atoms with Crippen molar-refractivity contribution in [3.8, 4) is 0 Å². The molecule has 3 heteroatoms. The lowest BCUT2D eigenvalue weighted by Crippen LogP contribution is -2.03. The number of rotatable bonds is 15. The van der Waals surface area contributed by atoms with E-state index in [1.54, 1.807) is 6.08 Å². The van der Waals surface area contributed by atoms with Crippen LogP contribution in [0, 0.1) is 0 Å². The summed E-state index contributed by atoms with van der Waals surface area (Å²) in [4.78, 5) is 0. The van der Waals surface area contributed by atoms with Crippen molar-refractivity contribution in [3.63, 3.8) is 0 Å². The smallest absolute Gasteiger partial charge is 0.114 e. The molecule has 0 spiro atoms. The van der Waals surface area contributed by atoms with E-state index in [1.807, 2.05) is 60.7 Å². The Bertz CT molecular complexity index is 1690. The van der Waals surface area contributed by atoms with Crippen molar-refractivity contribution in [3.05, 3.63) is 204 Å². The first-order chi connectivity index (χ1) is 22.0. The standard InChI is InChI=1S/C42H41BN2/c1-4-5-7-26-42(45-40-30-29-37-20-12-13-21-38(37)32-40)34(3)28-27-33(2)41(43)25-15-14-19-35-17-10-11-18-36(35)22-16-31-44-39-23-8-6-9-24-39/h4-11,13-18,21-30,32,44-45H,1-3,12,19-20,31H2/b7-5-,15-14+,22-16-,28-27-,41-25-,42-26-. The van der Waals surface area contributed by atoms with Crippen LogP contribution >= 0.6 is 0 Å². The SMILES string of the molecule is [B]/C(=C\C=C\Cc1ccccc1/C=C\CNc1ccccc1)C(=C)/C=C\C(=C)/C(=C/C=C\C=C)Nc1ccc2c(c1)C=CCC2. The Morgan fingerprint density at radius 3 is 2.47 bits per heavy atom. The molecule has 1 aliphatic rings. The highest BCUT2D eigenvalue weighted by Crippen LogP contribution is 2.25. The van der Waals surface area contributed by atoms with Gasteiger partial charge in [-0.3, -0.25) is 0 Å². The fourth-order valence-electron chi connectivity index (χ4n) is 4.78. The molecule has 0 amide bonds. The minimum atomic E-state index is 0.599. The highest BCUT2D eigenvalue weighted by Gasteiger charge is 2.07. The molecule has 0 bridgehead atoms. The first-order valence-corrected chi connectivity index (χ1v) is 15.3. The summed E-state index contributed by atoms with van der Waals surface area (Å²) in [5, 5.41) is 6.93. The summed E-state index contributed by atoms with van der Waals surface area (Å²) in [5.41, 5.74) is 10.2. The van der Waals surface area contributed by atoms with Gasteiger partial charge in [0.25, 0.3) is 0 Å². The summed E-state index contributed by atoms with van der Waals surface area (Å²) in [7, 11) is 6.36. The van der Waals surface area contributed by atoms with Gasteiger partial charge in [-0.1, -0.05) is 147 Å². The van der Waals surface area contributed by atoms with Crippen LogP contribution in [0.25, 0.3) is 12.2 Å². The monoisotopic (exact) mass is 584 g/mol. The minimum absolute atomic E-state index is 0.599. The third kappa shape index (κ3) is 10.7. The molecule has 0 heterocycles. The molecule has 2 N–H and O–H groups in total. The van der Waals surface area contributed by atoms with Crippen LogP contribution in [0.3, 0.4) is 0 Å². The van der Waals surface area contributed by atoms with Crippen LogP contribution in [0.1, 0.15) is 28.7 Å². The molecule has 0 unspecified atom stereocenters. The molecular weight excluding hydrogens is 543 g/mol. The van der Waals surface area contributed by atoms with Crippen molar-refractivity contribution in [1.29, 1.82) is 0 Å². The number of hydrogen-bond acceptors (Lipinski definition) is 2. The molecule has 0 saturated heterocycles. The summed E-state index contributed by atoms with van der Waals surface area (Å²) in [6.45, 7) is 13.0. The van der Waals surface area contributed by atoms with Crippen LogP contribution in [-0.4, -0.2) is 14.4 Å². The minimum Gasteiger partial charge on any atom is -0.382 e. The topological polar surface area (TPSA) is 24.1 Å². The maximum absolute atomic E-state index is 6.36. The van der Waals surface area contributed by atoms with E-state index in [9.17, 15) is 0 Å². The fourth-order valence-corrected chi connectivity index (χ4v) is 4.78. The van der Waals surface area contributed by atoms with Crippen molar-refractivity contribution >= 4 is 31.4 Å². The van der Waals surface area contributed by atoms with E-state index in [4.69, 9.17) is 7.85 Å². The molecule has 222 valence electrons. The fraction of sp³-hybridized carbons (Fsp3) is 0.0952. The van der Waals surface area contributed by atoms with Gasteiger partial charge in [0.2, 0.25) is 0 Å². The van der Waals surface area contributed by atoms with E-state index < -0.39 is 0 Å². The number of hydrogen-bond donors (Lipinski definition) is 2. The van der Waals surface area contributed by atoms with Crippen LogP contribution in [0.4, 0.5) is 11.4 Å². The van der Waals surface area contributed by atoms with Crippen LogP contribution in [0.5, 0.6) is 0 Å². The van der Waals surface area contributed by atoms with Gasteiger partial charge in [0.05, 0.1) is 0 Å². The van der Waals surface area contributed by atoms with Crippen molar-refractivity contribution < 1.29 is 0 Å². The highest BCUT2D eigenvalue weighted by molar-refractivity contribution is 6.24. The normalized spacial score (nSPS) is 13.5. The van der Waals surface area contributed by atoms with Gasteiger partial charge in [0.15, 0.2) is 0 Å². The first-order valence-electron chi connectivity index (χ1n) is 15.3. The van der Waals surface area contributed by atoms with Crippen molar-refractivity contribution in [1.82, 2.24) is 0 Å². The van der Waals surface area contributed by atoms with E-state index in [1.165, 1.54) is 22.3 Å². The largest absolute Gasteiger partial charge is 0.382 e. The van der Waals surface area contributed by atoms with Crippen molar-refractivity contribution in [2.75, 3.05) is 17.2 Å². The Kier molecular flexibility index (Phi) is 12.9. The molecule has 0 saturated carbocycles. The highest BCUT2D eigenvalue weighted by atomic mass is 14.9. The van der Waals surface area contributed by atoms with Gasteiger partial charge in [-0.05, 0) is 83.0 Å². The van der Waals surface area contributed by atoms with Gasteiger partial charge in [-0.2, -0.15) is 0 Å². The average molecular weight is 585 g/mol. The van der Waals surface area contributed by atoms with Crippen LogP contribution < -0.4 is 10.6 Å². The first kappa shape index (κ1) is 32.6. The lowest BCUT2D eigenvalue weighted by molar-refractivity contribution is 0.986. The van der Waals surface area contributed by atoms with Crippen LogP contribution in [0.15, 0.2) is 182 Å². The number of benzene rings is 3. The Hall–Kier alpha value is -5.28. The van der Waals surface area contributed by atoms with Gasteiger partial charge >= 0.3 is 0 Å². The molecule has 4 rings (SSSR count). The zero-order valence-electron chi connectivity index (χ0n) is 26.0. The number of fused-ring (bicyclic) bond motifs is 1. The van der Waals surface area contributed by atoms with Gasteiger partial charge in [-0.25, -0.2) is 0 Å². The van der Waals surface area contributed by atoms with E-state index in [0.717, 1.165) is 54.0 Å². The maximum Gasteiger partial charge on any atom is 0.114 e. The second-order valence-electron chi connectivity index (χ2n) is 10.7. The molecule has 3 aromatic rings. The molecule has 0 atom stereocenters. The quantitative estimate of drug-likeness (QED) is 0.137. The van der Waals surface area contributed by atoms with Crippen molar-refractivity contribution in [2.45, 2.75) is 19.3 Å². The maximum atomic E-state index is 6.36. The molecule has 0 aliphatic heterocycles. The van der Waals surface area contributed by atoms with Crippen molar-refractivity contribution in [2.24, 2.45) is 0 Å². The Balaban J connectivity index is 1.33. The van der Waals surface area contributed by atoms with E-state index in [0.29, 0.717) is 5.47 Å². The molecule has 2 nitrogen and oxygen atoms in total. The molecule has 2 radical (unpaired) electrons. The predicted molar refractivity (Wildman–Crippen MR) is 199 cm³/mol. The number of nitrogens with one attached hydrogen (secondary N) is 2. The molecule has 3 aromatic carbocycles. The molecule has 45 heavy (non-hydrogen) atoms. The zero-order chi connectivity index (χ0) is 31.7.